The molecule has 1 rings (SSSR count). The lowest BCUT2D eigenvalue weighted by molar-refractivity contribution is 0.156. The Morgan fingerprint density at radius 2 is 2.11 bits per heavy atom. The number of hydrogen-bond acceptors (Lipinski definition) is 3. The van der Waals surface area contributed by atoms with E-state index in [2.05, 4.69) is 40.1 Å². The number of halogens is 3. The number of rotatable bonds is 7. The average Bonchev–Trinajstić information content (AvgIpc) is 2.27. The molecular formula is C13H20BrF2N3. The van der Waals surface area contributed by atoms with Gasteiger partial charge in [0.15, 0.2) is 0 Å². The van der Waals surface area contributed by atoms with Crippen molar-refractivity contribution in [2.24, 2.45) is 5.92 Å². The molecule has 3 nitrogen and oxygen atoms in total. The third kappa shape index (κ3) is 5.82. The monoisotopic (exact) mass is 335 g/mol. The first kappa shape index (κ1) is 16.3. The molecule has 0 aliphatic carbocycles. The van der Waals surface area contributed by atoms with E-state index in [1.54, 1.807) is 13.2 Å². The summed E-state index contributed by atoms with van der Waals surface area (Å²) in [6.45, 7) is 5.43. The third-order valence-electron chi connectivity index (χ3n) is 2.55. The second-order valence-corrected chi connectivity index (χ2v) is 5.85. The zero-order valence-electron chi connectivity index (χ0n) is 11.5. The quantitative estimate of drug-likeness (QED) is 0.828. The van der Waals surface area contributed by atoms with E-state index in [1.807, 2.05) is 6.07 Å². The maximum atomic E-state index is 12.4. The predicted molar refractivity (Wildman–Crippen MR) is 77.8 cm³/mol. The van der Waals surface area contributed by atoms with Crippen molar-refractivity contribution >= 4 is 21.7 Å². The molecule has 0 saturated carbocycles. The van der Waals surface area contributed by atoms with Gasteiger partial charge in [0.25, 0.3) is 6.43 Å². The first-order valence-corrected chi connectivity index (χ1v) is 7.04. The molecule has 1 aromatic heterocycles. The Morgan fingerprint density at radius 1 is 1.42 bits per heavy atom. The van der Waals surface area contributed by atoms with Crippen LogP contribution in [0.25, 0.3) is 0 Å². The van der Waals surface area contributed by atoms with Gasteiger partial charge in [-0.1, -0.05) is 13.8 Å². The molecule has 0 aliphatic rings. The Hall–Kier alpha value is -0.750. The third-order valence-corrected chi connectivity index (χ3v) is 2.98. The molecule has 0 bridgehead atoms. The van der Waals surface area contributed by atoms with E-state index in [-0.39, 0.29) is 6.54 Å². The van der Waals surface area contributed by atoms with Crippen molar-refractivity contribution in [2.45, 2.75) is 26.8 Å². The summed E-state index contributed by atoms with van der Waals surface area (Å²) in [5.74, 6) is 1.14. The second kappa shape index (κ2) is 7.75. The Kier molecular flexibility index (Phi) is 6.65. The molecule has 1 aromatic rings. The highest BCUT2D eigenvalue weighted by Crippen LogP contribution is 2.21. The number of nitrogens with zero attached hydrogens (tertiary/aromatic N) is 2. The summed E-state index contributed by atoms with van der Waals surface area (Å²) in [6, 6.07) is 1.91. The van der Waals surface area contributed by atoms with E-state index in [9.17, 15) is 8.78 Å². The topological polar surface area (TPSA) is 28.2 Å². The molecule has 0 saturated heterocycles. The molecule has 108 valence electrons. The van der Waals surface area contributed by atoms with Crippen LogP contribution in [0.3, 0.4) is 0 Å². The standard InChI is InChI=1S/C13H20BrF2N3/c1-9(2)5-17-6-10-4-11(14)7-18-13(10)19(3)8-12(15)16/h4,7,9,12,17H,5-6,8H2,1-3H3. The number of aromatic nitrogens is 1. The van der Waals surface area contributed by atoms with E-state index >= 15 is 0 Å². The van der Waals surface area contributed by atoms with Crippen molar-refractivity contribution in [3.8, 4) is 0 Å². The molecule has 0 aromatic carbocycles. The molecule has 0 aliphatic heterocycles. The summed E-state index contributed by atoms with van der Waals surface area (Å²) in [5.41, 5.74) is 0.915. The van der Waals surface area contributed by atoms with E-state index < -0.39 is 6.43 Å². The predicted octanol–water partition coefficient (Wildman–Crippen LogP) is 3.29. The molecule has 0 atom stereocenters. The summed E-state index contributed by atoms with van der Waals surface area (Å²) < 4.78 is 25.7. The maximum absolute atomic E-state index is 12.4. The van der Waals surface area contributed by atoms with Crippen molar-refractivity contribution in [3.63, 3.8) is 0 Å². The normalized spacial score (nSPS) is 11.4. The second-order valence-electron chi connectivity index (χ2n) is 4.93. The summed E-state index contributed by atoms with van der Waals surface area (Å²) in [6.07, 6.45) is -0.740. The van der Waals surface area contributed by atoms with Crippen LogP contribution >= 0.6 is 15.9 Å². The molecular weight excluding hydrogens is 316 g/mol. The Balaban J connectivity index is 2.79. The van der Waals surface area contributed by atoms with E-state index in [4.69, 9.17) is 0 Å². The average molecular weight is 336 g/mol. The lowest BCUT2D eigenvalue weighted by atomic mass is 10.2. The molecule has 0 amide bonds. The van der Waals surface area contributed by atoms with Gasteiger partial charge in [-0.3, -0.25) is 0 Å². The minimum absolute atomic E-state index is 0.314. The van der Waals surface area contributed by atoms with Gasteiger partial charge in [-0.15, -0.1) is 0 Å². The van der Waals surface area contributed by atoms with Crippen LogP contribution in [-0.4, -0.2) is 31.5 Å². The molecule has 0 fully saturated rings. The van der Waals surface area contributed by atoms with Crippen LogP contribution in [-0.2, 0) is 6.54 Å². The fraction of sp³-hybridized carbons (Fsp3) is 0.615. The minimum Gasteiger partial charge on any atom is -0.354 e. The molecule has 1 N–H and O–H groups in total. The van der Waals surface area contributed by atoms with Gasteiger partial charge in [-0.2, -0.15) is 0 Å². The summed E-state index contributed by atoms with van der Waals surface area (Å²) in [7, 11) is 1.63. The van der Waals surface area contributed by atoms with Crippen molar-refractivity contribution in [1.82, 2.24) is 10.3 Å². The van der Waals surface area contributed by atoms with Gasteiger partial charge in [-0.25, -0.2) is 13.8 Å². The van der Waals surface area contributed by atoms with Gasteiger partial charge in [0, 0.05) is 29.8 Å². The van der Waals surface area contributed by atoms with Crippen LogP contribution in [0.1, 0.15) is 19.4 Å². The molecule has 0 radical (unpaired) electrons. The fourth-order valence-electron chi connectivity index (χ4n) is 1.74. The molecule has 19 heavy (non-hydrogen) atoms. The maximum Gasteiger partial charge on any atom is 0.255 e. The molecule has 1 heterocycles. The number of anilines is 1. The lowest BCUT2D eigenvalue weighted by Gasteiger charge is -2.21. The highest BCUT2D eigenvalue weighted by atomic mass is 79.9. The lowest BCUT2D eigenvalue weighted by Crippen LogP contribution is -2.27. The van der Waals surface area contributed by atoms with Crippen LogP contribution in [0.15, 0.2) is 16.7 Å². The minimum atomic E-state index is -2.37. The Morgan fingerprint density at radius 3 is 2.68 bits per heavy atom. The highest BCUT2D eigenvalue weighted by molar-refractivity contribution is 9.10. The van der Waals surface area contributed by atoms with Gasteiger partial charge >= 0.3 is 0 Å². The highest BCUT2D eigenvalue weighted by Gasteiger charge is 2.14. The smallest absolute Gasteiger partial charge is 0.255 e. The summed E-state index contributed by atoms with van der Waals surface area (Å²) in [5, 5.41) is 3.30. The van der Waals surface area contributed by atoms with Crippen molar-refractivity contribution in [1.29, 1.82) is 0 Å². The van der Waals surface area contributed by atoms with Gasteiger partial charge < -0.3 is 10.2 Å². The van der Waals surface area contributed by atoms with E-state index in [1.165, 1.54) is 4.90 Å². The Labute approximate surface area is 121 Å². The van der Waals surface area contributed by atoms with Gasteiger partial charge in [0.2, 0.25) is 0 Å². The zero-order chi connectivity index (χ0) is 14.4. The first-order valence-electron chi connectivity index (χ1n) is 6.24. The van der Waals surface area contributed by atoms with Gasteiger partial charge in [0.1, 0.15) is 5.82 Å². The van der Waals surface area contributed by atoms with Crippen LogP contribution in [0, 0.1) is 5.92 Å². The van der Waals surface area contributed by atoms with Crippen molar-refractivity contribution < 1.29 is 8.78 Å². The van der Waals surface area contributed by atoms with Gasteiger partial charge in [0.05, 0.1) is 6.54 Å². The van der Waals surface area contributed by atoms with Crippen LogP contribution in [0.4, 0.5) is 14.6 Å². The zero-order valence-corrected chi connectivity index (χ0v) is 13.0. The van der Waals surface area contributed by atoms with Crippen LogP contribution < -0.4 is 10.2 Å². The Bertz CT molecular complexity index is 399. The van der Waals surface area contributed by atoms with E-state index in [0.29, 0.717) is 18.3 Å². The number of hydrogen-bond donors (Lipinski definition) is 1. The SMILES string of the molecule is CC(C)CNCc1cc(Br)cnc1N(C)CC(F)F. The van der Waals surface area contributed by atoms with Crippen LogP contribution in [0.2, 0.25) is 0 Å². The van der Waals surface area contributed by atoms with Crippen molar-refractivity contribution in [2.75, 3.05) is 25.0 Å². The fourth-order valence-corrected chi connectivity index (χ4v) is 2.12. The van der Waals surface area contributed by atoms with Crippen LogP contribution in [0.5, 0.6) is 0 Å². The summed E-state index contributed by atoms with van der Waals surface area (Å²) >= 11 is 3.36. The molecule has 0 spiro atoms. The van der Waals surface area contributed by atoms with Gasteiger partial charge in [-0.05, 0) is 34.5 Å². The molecule has 6 heteroatoms. The molecule has 0 unspecified atom stereocenters. The number of nitrogens with one attached hydrogen (secondary N) is 1. The number of pyridine rings is 1. The van der Waals surface area contributed by atoms with Crippen molar-refractivity contribution in [3.05, 3.63) is 22.3 Å². The first-order chi connectivity index (χ1) is 8.90. The van der Waals surface area contributed by atoms with E-state index in [0.717, 1.165) is 16.6 Å². The summed E-state index contributed by atoms with van der Waals surface area (Å²) in [4.78, 5) is 5.72. The largest absolute Gasteiger partial charge is 0.354 e. The number of alkyl halides is 2.